The van der Waals surface area contributed by atoms with Crippen LogP contribution in [-0.4, -0.2) is 91.5 Å². The number of hydrogen-bond donors (Lipinski definition) is 3. The van der Waals surface area contributed by atoms with E-state index in [-0.39, 0.29) is 48.3 Å². The third-order valence-electron chi connectivity index (χ3n) is 10.9. The normalized spacial score (nSPS) is 15.6. The number of imide groups is 1. The number of piperidine rings is 1. The number of anilines is 1. The fourth-order valence-electron chi connectivity index (χ4n) is 7.36. The average Bonchev–Trinajstić information content (AvgIpc) is 3.96. The highest BCUT2D eigenvalue weighted by Gasteiger charge is 2.29. The third-order valence-corrected chi connectivity index (χ3v) is 10.9. The van der Waals surface area contributed by atoms with Gasteiger partial charge in [-0.2, -0.15) is 10.1 Å². The second-order valence-corrected chi connectivity index (χ2v) is 16.3. The lowest BCUT2D eigenvalue weighted by atomic mass is 9.97. The fraction of sp³-hybridized carbons (Fsp3) is 0.311. The van der Waals surface area contributed by atoms with Crippen LogP contribution in [-0.2, 0) is 28.1 Å². The molecule has 3 N–H and O–H groups in total. The number of piperazine rings is 1. The number of rotatable bonds is 11. The number of amides is 5. The van der Waals surface area contributed by atoms with Crippen LogP contribution in [0.1, 0.15) is 87.5 Å². The molecule has 3 aromatic carbocycles. The Morgan fingerprint density at radius 2 is 1.65 bits per heavy atom. The van der Waals surface area contributed by atoms with Gasteiger partial charge in [0.05, 0.1) is 23.1 Å². The van der Waals surface area contributed by atoms with Gasteiger partial charge in [0.2, 0.25) is 11.8 Å². The van der Waals surface area contributed by atoms with Crippen LogP contribution in [0.4, 0.5) is 5.69 Å². The lowest BCUT2D eigenvalue weighted by Gasteiger charge is -2.35. The summed E-state index contributed by atoms with van der Waals surface area (Å²) in [5, 5.41) is 16.4. The molecule has 0 bridgehead atoms. The number of carbonyl (C=O) groups is 5. The molecule has 6 aromatic rings. The molecule has 17 heteroatoms. The van der Waals surface area contributed by atoms with Crippen molar-refractivity contribution in [1.29, 1.82) is 0 Å². The van der Waals surface area contributed by atoms with Gasteiger partial charge in [0.25, 0.3) is 29.5 Å². The van der Waals surface area contributed by atoms with Crippen molar-refractivity contribution in [2.24, 2.45) is 0 Å². The van der Waals surface area contributed by atoms with Crippen LogP contribution in [0.5, 0.6) is 5.75 Å². The molecule has 2 fully saturated rings. The summed E-state index contributed by atoms with van der Waals surface area (Å²) < 4.78 is 12.8. The Balaban J connectivity index is 0.861. The lowest BCUT2D eigenvalue weighted by Crippen LogP contribution is -2.49. The van der Waals surface area contributed by atoms with E-state index in [9.17, 15) is 24.0 Å². The van der Waals surface area contributed by atoms with Crippen LogP contribution in [0.25, 0.3) is 16.8 Å². The van der Waals surface area contributed by atoms with Gasteiger partial charge >= 0.3 is 0 Å². The smallest absolute Gasteiger partial charge is 0.292 e. The third kappa shape index (κ3) is 9.01. The highest BCUT2D eigenvalue weighted by molar-refractivity contribution is 6.00. The van der Waals surface area contributed by atoms with Crippen LogP contribution in [0.3, 0.4) is 0 Å². The highest BCUT2D eigenvalue weighted by atomic mass is 16.5. The average molecular weight is 839 g/mol. The molecule has 3 aromatic heterocycles. The zero-order valence-corrected chi connectivity index (χ0v) is 34.8. The van der Waals surface area contributed by atoms with Crippen molar-refractivity contribution in [3.63, 3.8) is 0 Å². The van der Waals surface area contributed by atoms with E-state index in [1.54, 1.807) is 30.3 Å². The first kappa shape index (κ1) is 41.3. The molecule has 0 aliphatic carbocycles. The van der Waals surface area contributed by atoms with Crippen molar-refractivity contribution < 1.29 is 33.2 Å². The summed E-state index contributed by atoms with van der Waals surface area (Å²) >= 11 is 0. The number of fused-ring (bicyclic) bond motifs is 1. The van der Waals surface area contributed by atoms with E-state index in [1.807, 2.05) is 79.7 Å². The number of hydrogen-bond acceptors (Lipinski definition) is 12. The van der Waals surface area contributed by atoms with Gasteiger partial charge < -0.3 is 29.7 Å². The number of aryl methyl sites for hydroxylation is 1. The predicted octanol–water partition coefficient (Wildman–Crippen LogP) is 4.39. The predicted molar refractivity (Wildman–Crippen MR) is 226 cm³/mol. The lowest BCUT2D eigenvalue weighted by molar-refractivity contribution is -0.138. The molecule has 0 spiro atoms. The molecule has 2 aliphatic heterocycles. The summed E-state index contributed by atoms with van der Waals surface area (Å²) in [7, 11) is 0. The second-order valence-electron chi connectivity index (χ2n) is 16.3. The van der Waals surface area contributed by atoms with Crippen LogP contribution in [0.15, 0.2) is 89.8 Å². The summed E-state index contributed by atoms with van der Waals surface area (Å²) in [6.45, 7) is 10.4. The molecule has 5 amide bonds. The Labute approximate surface area is 356 Å². The molecule has 0 radical (unpaired) electrons. The molecule has 62 heavy (non-hydrogen) atoms. The maximum atomic E-state index is 13.9. The standard InChI is InChI=1S/C45H46N10O7/c1-27-21-29(9-10-30(27)23-47-42(59)39-51-44(62-52-39)45(2,3)4)38-35-22-32(25-55(35)49-26-48-38)53-17-19-54(20-18-53)43(60)34-8-6-5-7-31(34)24-46-40(57)28-11-13-33(14-12-28)61-36-15-16-37(56)50-41(36)58/h5-14,21-22,25-26,36H,15-20,23-24H2,1-4H3,(H,46,57)(H,47,59)(H,50,56,58). The Morgan fingerprint density at radius 3 is 2.37 bits per heavy atom. The van der Waals surface area contributed by atoms with Crippen molar-refractivity contribution >= 4 is 40.7 Å². The van der Waals surface area contributed by atoms with Gasteiger partial charge in [-0.25, -0.2) is 9.50 Å². The molecule has 8 rings (SSSR count). The molecular formula is C45H46N10O7. The number of benzene rings is 3. The molecule has 1 unspecified atom stereocenters. The zero-order valence-electron chi connectivity index (χ0n) is 34.8. The van der Waals surface area contributed by atoms with Crippen LogP contribution in [0, 0.1) is 6.92 Å². The SMILES string of the molecule is Cc1cc(-c2ncnn3cc(N4CCN(C(=O)c5ccccc5CNC(=O)c5ccc(OC6CCC(=O)NC6=O)cc5)CC4)cc23)ccc1CNC(=O)c1noc(C(C)(C)C)n1. The topological polar surface area (TPSA) is 206 Å². The minimum Gasteiger partial charge on any atom is -0.481 e. The van der Waals surface area contributed by atoms with Gasteiger partial charge in [-0.3, -0.25) is 29.3 Å². The van der Waals surface area contributed by atoms with Gasteiger partial charge in [0.15, 0.2) is 6.10 Å². The summed E-state index contributed by atoms with van der Waals surface area (Å²) in [6, 6.07) is 21.7. The molecule has 1 atom stereocenters. The van der Waals surface area contributed by atoms with Crippen molar-refractivity contribution in [2.45, 2.75) is 65.1 Å². The van der Waals surface area contributed by atoms with Gasteiger partial charge in [0, 0.05) is 74.2 Å². The molecule has 2 aliphatic rings. The number of aromatic nitrogens is 5. The van der Waals surface area contributed by atoms with E-state index in [1.165, 1.54) is 6.33 Å². The Hall–Kier alpha value is -7.43. The zero-order chi connectivity index (χ0) is 43.5. The maximum absolute atomic E-state index is 13.9. The first-order valence-corrected chi connectivity index (χ1v) is 20.4. The molecule has 2 saturated heterocycles. The van der Waals surface area contributed by atoms with E-state index in [2.05, 4.69) is 47.1 Å². The number of ether oxygens (including phenoxy) is 1. The van der Waals surface area contributed by atoms with Gasteiger partial charge in [-0.05, 0) is 66.1 Å². The summed E-state index contributed by atoms with van der Waals surface area (Å²) in [5.74, 6) is -0.846. The van der Waals surface area contributed by atoms with Crippen molar-refractivity contribution in [3.05, 3.63) is 125 Å². The first-order chi connectivity index (χ1) is 29.8. The van der Waals surface area contributed by atoms with E-state index >= 15 is 0 Å². The van der Waals surface area contributed by atoms with Crippen LogP contribution < -0.4 is 25.6 Å². The number of nitrogens with one attached hydrogen (secondary N) is 3. The Morgan fingerprint density at radius 1 is 0.903 bits per heavy atom. The van der Waals surface area contributed by atoms with E-state index in [0.29, 0.717) is 61.1 Å². The fourth-order valence-corrected chi connectivity index (χ4v) is 7.36. The summed E-state index contributed by atoms with van der Waals surface area (Å²) in [6.07, 6.45) is 3.21. The van der Waals surface area contributed by atoms with Crippen LogP contribution >= 0.6 is 0 Å². The summed E-state index contributed by atoms with van der Waals surface area (Å²) in [5.41, 5.74) is 6.63. The Kier molecular flexibility index (Phi) is 11.5. The van der Waals surface area contributed by atoms with E-state index < -0.39 is 17.9 Å². The molecule has 0 saturated carbocycles. The Bertz CT molecular complexity index is 2680. The largest absolute Gasteiger partial charge is 0.481 e. The van der Waals surface area contributed by atoms with Crippen molar-refractivity contribution in [1.82, 2.24) is 45.6 Å². The summed E-state index contributed by atoms with van der Waals surface area (Å²) in [4.78, 5) is 76.1. The highest BCUT2D eigenvalue weighted by Crippen LogP contribution is 2.29. The van der Waals surface area contributed by atoms with Gasteiger partial charge in [-0.1, -0.05) is 56.3 Å². The molecule has 5 heterocycles. The second kappa shape index (κ2) is 17.3. The number of carbonyl (C=O) groups excluding carboxylic acids is 5. The van der Waals surface area contributed by atoms with E-state index in [0.717, 1.165) is 33.6 Å². The van der Waals surface area contributed by atoms with Crippen molar-refractivity contribution in [3.8, 4) is 17.0 Å². The monoisotopic (exact) mass is 838 g/mol. The maximum Gasteiger partial charge on any atom is 0.292 e. The molecular weight excluding hydrogens is 793 g/mol. The molecule has 318 valence electrons. The van der Waals surface area contributed by atoms with E-state index in [4.69, 9.17) is 9.26 Å². The quantitative estimate of drug-likeness (QED) is 0.155. The minimum absolute atomic E-state index is 0.00271. The van der Waals surface area contributed by atoms with Crippen molar-refractivity contribution in [2.75, 3.05) is 31.1 Å². The minimum atomic E-state index is -0.772. The number of nitrogens with zero attached hydrogens (tertiary/aromatic N) is 7. The first-order valence-electron chi connectivity index (χ1n) is 20.4. The molecule has 17 nitrogen and oxygen atoms in total. The van der Waals surface area contributed by atoms with Crippen LogP contribution in [0.2, 0.25) is 0 Å². The van der Waals surface area contributed by atoms with Gasteiger partial charge in [-0.15, -0.1) is 0 Å². The van der Waals surface area contributed by atoms with Gasteiger partial charge in [0.1, 0.15) is 12.1 Å².